The van der Waals surface area contributed by atoms with Crippen molar-refractivity contribution < 1.29 is 0 Å². The Morgan fingerprint density at radius 1 is 0.419 bits per heavy atom. The van der Waals surface area contributed by atoms with Crippen molar-refractivity contribution in [2.24, 2.45) is 0 Å². The smallest absolute Gasteiger partial charge is 0.160 e. The molecule has 7 aromatic carbocycles. The molecule has 0 atom stereocenters. The SMILES string of the molecule is c1ccc(-c2nc(-c3ccc4c(c3)c3cccc5c6cccc7cccc(c76)n4c53)nc3ccc4ccccc4c23)cc1. The van der Waals surface area contributed by atoms with Crippen LogP contribution in [-0.2, 0) is 0 Å². The van der Waals surface area contributed by atoms with Crippen LogP contribution < -0.4 is 0 Å². The van der Waals surface area contributed by atoms with Gasteiger partial charge in [-0.15, -0.1) is 0 Å². The van der Waals surface area contributed by atoms with Crippen molar-refractivity contribution in [2.45, 2.75) is 0 Å². The average Bonchev–Trinajstić information content (AvgIpc) is 3.41. The van der Waals surface area contributed by atoms with Crippen LogP contribution in [0.2, 0.25) is 0 Å². The zero-order chi connectivity index (χ0) is 28.1. The number of hydrogen-bond donors (Lipinski definition) is 0. The lowest BCUT2D eigenvalue weighted by atomic mass is 9.99. The second kappa shape index (κ2) is 8.37. The Bertz CT molecular complexity index is 2710. The fourth-order valence-electron chi connectivity index (χ4n) is 7.24. The minimum absolute atomic E-state index is 0.737. The Hall–Kier alpha value is -5.80. The molecule has 0 amide bonds. The number of nitrogens with zero attached hydrogens (tertiary/aromatic N) is 3. The summed E-state index contributed by atoms with van der Waals surface area (Å²) in [5, 5.41) is 11.1. The van der Waals surface area contributed by atoms with Gasteiger partial charge in [0.25, 0.3) is 0 Å². The van der Waals surface area contributed by atoms with Crippen LogP contribution in [0, 0.1) is 0 Å². The van der Waals surface area contributed by atoms with Gasteiger partial charge >= 0.3 is 0 Å². The fraction of sp³-hybridized carbons (Fsp3) is 0. The Balaban J connectivity index is 1.30. The molecule has 0 aliphatic heterocycles. The van der Waals surface area contributed by atoms with Crippen molar-refractivity contribution in [1.29, 1.82) is 0 Å². The van der Waals surface area contributed by atoms with E-state index in [1.165, 1.54) is 59.6 Å². The molecular formula is C40H23N3. The largest absolute Gasteiger partial charge is 0.308 e. The summed E-state index contributed by atoms with van der Waals surface area (Å²) in [4.78, 5) is 10.5. The first-order chi connectivity index (χ1) is 21.3. The number of benzene rings is 7. The first kappa shape index (κ1) is 22.8. The highest BCUT2D eigenvalue weighted by molar-refractivity contribution is 6.27. The zero-order valence-electron chi connectivity index (χ0n) is 23.1. The minimum atomic E-state index is 0.737. The molecule has 10 aromatic rings. The third-order valence-electron chi connectivity index (χ3n) is 9.09. The Kier molecular flexibility index (Phi) is 4.45. The Morgan fingerprint density at radius 3 is 2.05 bits per heavy atom. The summed E-state index contributed by atoms with van der Waals surface area (Å²) >= 11 is 0. The van der Waals surface area contributed by atoms with Crippen molar-refractivity contribution in [2.75, 3.05) is 0 Å². The molecule has 43 heavy (non-hydrogen) atoms. The Morgan fingerprint density at radius 2 is 1.14 bits per heavy atom. The van der Waals surface area contributed by atoms with Crippen LogP contribution in [0.25, 0.3) is 93.2 Å². The van der Waals surface area contributed by atoms with Gasteiger partial charge in [0, 0.05) is 38.1 Å². The van der Waals surface area contributed by atoms with E-state index >= 15 is 0 Å². The fourth-order valence-corrected chi connectivity index (χ4v) is 7.24. The second-order valence-electron chi connectivity index (χ2n) is 11.4. The molecule has 0 unspecified atom stereocenters. The van der Waals surface area contributed by atoms with E-state index in [9.17, 15) is 0 Å². The maximum atomic E-state index is 5.28. The predicted molar refractivity (Wildman–Crippen MR) is 180 cm³/mol. The van der Waals surface area contributed by atoms with E-state index in [0.29, 0.717) is 0 Å². The van der Waals surface area contributed by atoms with Gasteiger partial charge in [0.2, 0.25) is 0 Å². The van der Waals surface area contributed by atoms with Gasteiger partial charge in [0.1, 0.15) is 0 Å². The minimum Gasteiger partial charge on any atom is -0.308 e. The molecule has 0 radical (unpaired) electrons. The highest BCUT2D eigenvalue weighted by Gasteiger charge is 2.19. The average molecular weight is 546 g/mol. The first-order valence-corrected chi connectivity index (χ1v) is 14.7. The molecule has 3 aromatic heterocycles. The highest BCUT2D eigenvalue weighted by Crippen LogP contribution is 2.41. The molecule has 0 saturated heterocycles. The molecule has 0 bridgehead atoms. The molecule has 0 aliphatic rings. The van der Waals surface area contributed by atoms with E-state index in [2.05, 4.69) is 144 Å². The maximum Gasteiger partial charge on any atom is 0.160 e. The maximum absolute atomic E-state index is 5.28. The van der Waals surface area contributed by atoms with E-state index in [1.54, 1.807) is 0 Å². The van der Waals surface area contributed by atoms with E-state index in [-0.39, 0.29) is 0 Å². The lowest BCUT2D eigenvalue weighted by Gasteiger charge is -2.13. The van der Waals surface area contributed by atoms with Crippen LogP contribution in [0.15, 0.2) is 140 Å². The third-order valence-corrected chi connectivity index (χ3v) is 9.09. The van der Waals surface area contributed by atoms with Crippen LogP contribution in [-0.4, -0.2) is 14.4 Å². The summed E-state index contributed by atoms with van der Waals surface area (Å²) in [6.45, 7) is 0. The molecular weight excluding hydrogens is 522 g/mol. The standard InChI is InChI=1S/C40H23N3/c1-2-10-26(11-3-1)38-37-28-14-5-4-9-24(28)19-21-33(37)41-40(42-38)27-20-22-34-32(23-27)31-17-8-16-30-29-15-6-12-25-13-7-18-35(36(25)29)43(34)39(30)31/h1-23H. The van der Waals surface area contributed by atoms with E-state index in [4.69, 9.17) is 9.97 Å². The van der Waals surface area contributed by atoms with Crippen molar-refractivity contribution >= 4 is 70.5 Å². The molecule has 0 saturated carbocycles. The van der Waals surface area contributed by atoms with Crippen molar-refractivity contribution in [3.05, 3.63) is 140 Å². The molecule has 0 aliphatic carbocycles. The van der Waals surface area contributed by atoms with Gasteiger partial charge in [-0.2, -0.15) is 0 Å². The van der Waals surface area contributed by atoms with E-state index in [0.717, 1.165) is 33.5 Å². The predicted octanol–water partition coefficient (Wildman–Crippen LogP) is 10.4. The van der Waals surface area contributed by atoms with Crippen molar-refractivity contribution in [3.63, 3.8) is 0 Å². The van der Waals surface area contributed by atoms with Gasteiger partial charge < -0.3 is 4.40 Å². The highest BCUT2D eigenvalue weighted by atomic mass is 14.9. The van der Waals surface area contributed by atoms with Crippen molar-refractivity contribution in [3.8, 4) is 22.6 Å². The van der Waals surface area contributed by atoms with Gasteiger partial charge in [0.05, 0.1) is 27.8 Å². The molecule has 3 heteroatoms. The monoisotopic (exact) mass is 545 g/mol. The van der Waals surface area contributed by atoms with Gasteiger partial charge in [-0.05, 0) is 51.9 Å². The van der Waals surface area contributed by atoms with Gasteiger partial charge in [-0.25, -0.2) is 9.97 Å². The summed E-state index contributed by atoms with van der Waals surface area (Å²) in [5.41, 5.74) is 7.71. The van der Waals surface area contributed by atoms with Crippen LogP contribution in [0.4, 0.5) is 0 Å². The van der Waals surface area contributed by atoms with E-state index in [1.807, 2.05) is 0 Å². The van der Waals surface area contributed by atoms with Gasteiger partial charge in [-0.1, -0.05) is 109 Å². The van der Waals surface area contributed by atoms with Crippen LogP contribution in [0.5, 0.6) is 0 Å². The number of rotatable bonds is 2. The van der Waals surface area contributed by atoms with E-state index < -0.39 is 0 Å². The number of hydrogen-bond acceptors (Lipinski definition) is 2. The second-order valence-corrected chi connectivity index (χ2v) is 11.4. The van der Waals surface area contributed by atoms with Crippen LogP contribution in [0.1, 0.15) is 0 Å². The number of para-hydroxylation sites is 1. The summed E-state index contributed by atoms with van der Waals surface area (Å²) in [7, 11) is 0. The molecule has 198 valence electrons. The van der Waals surface area contributed by atoms with Gasteiger partial charge in [-0.3, -0.25) is 0 Å². The summed E-state index contributed by atoms with van der Waals surface area (Å²) < 4.78 is 2.45. The molecule has 0 fully saturated rings. The van der Waals surface area contributed by atoms with Gasteiger partial charge in [0.15, 0.2) is 5.82 Å². The molecule has 0 spiro atoms. The third kappa shape index (κ3) is 3.08. The quantitative estimate of drug-likeness (QED) is 0.160. The first-order valence-electron chi connectivity index (χ1n) is 14.7. The van der Waals surface area contributed by atoms with Crippen LogP contribution >= 0.6 is 0 Å². The normalized spacial score (nSPS) is 12.2. The Labute approximate surface area is 246 Å². The summed E-state index contributed by atoms with van der Waals surface area (Å²) in [6.07, 6.45) is 0. The van der Waals surface area contributed by atoms with Crippen LogP contribution in [0.3, 0.4) is 0 Å². The summed E-state index contributed by atoms with van der Waals surface area (Å²) in [6, 6.07) is 49.9. The molecule has 3 nitrogen and oxygen atoms in total. The number of fused-ring (bicyclic) bond motifs is 8. The number of pyridine rings is 1. The lowest BCUT2D eigenvalue weighted by molar-refractivity contribution is 1.23. The topological polar surface area (TPSA) is 30.2 Å². The lowest BCUT2D eigenvalue weighted by Crippen LogP contribution is -1.96. The zero-order valence-corrected chi connectivity index (χ0v) is 23.1. The molecule has 3 heterocycles. The summed E-state index contributed by atoms with van der Waals surface area (Å²) in [5.74, 6) is 0.737. The number of aromatic nitrogens is 3. The molecule has 0 N–H and O–H groups in total. The molecule has 10 rings (SSSR count). The van der Waals surface area contributed by atoms with Crippen molar-refractivity contribution in [1.82, 2.24) is 14.4 Å².